The number of rotatable bonds is 2. The van der Waals surface area contributed by atoms with Gasteiger partial charge < -0.3 is 14.7 Å². The number of fused-ring (bicyclic) bond motifs is 1. The Balaban J connectivity index is 2.11. The highest BCUT2D eigenvalue weighted by Gasteiger charge is 2.20. The summed E-state index contributed by atoms with van der Waals surface area (Å²) in [5.74, 6) is -1.00. The zero-order chi connectivity index (χ0) is 13.4. The summed E-state index contributed by atoms with van der Waals surface area (Å²) < 4.78 is 4.79. The molecule has 0 saturated carbocycles. The number of carboxylic acids is 1. The molecule has 0 saturated heterocycles. The third kappa shape index (κ3) is 1.97. The van der Waals surface area contributed by atoms with Crippen LogP contribution in [0.25, 0.3) is 11.3 Å². The van der Waals surface area contributed by atoms with Gasteiger partial charge in [0, 0.05) is 11.6 Å². The van der Waals surface area contributed by atoms with Crippen LogP contribution in [0, 0.1) is 0 Å². The zero-order valence-electron chi connectivity index (χ0n) is 10.2. The summed E-state index contributed by atoms with van der Waals surface area (Å²) in [7, 11) is 0. The Morgan fingerprint density at radius 3 is 2.63 bits per heavy atom. The summed E-state index contributed by atoms with van der Waals surface area (Å²) in [5.41, 5.74) is 3.36. The summed E-state index contributed by atoms with van der Waals surface area (Å²) >= 11 is 0. The molecule has 5 heteroatoms. The first-order chi connectivity index (χ1) is 9.16. The van der Waals surface area contributed by atoms with Gasteiger partial charge in [0.15, 0.2) is 0 Å². The molecule has 0 unspecified atom stereocenters. The van der Waals surface area contributed by atoms with Crippen LogP contribution in [-0.4, -0.2) is 21.3 Å². The molecule has 0 amide bonds. The second-order valence-electron chi connectivity index (χ2n) is 4.68. The van der Waals surface area contributed by atoms with Gasteiger partial charge in [0.05, 0.1) is 0 Å². The number of nitrogens with zero attached hydrogens (tertiary/aromatic N) is 1. The number of carboxylic acid groups (broad SMARTS) is 1. The lowest BCUT2D eigenvalue weighted by Crippen LogP contribution is -2.05. The highest BCUT2D eigenvalue weighted by atomic mass is 16.5. The first-order valence-corrected chi connectivity index (χ1v) is 6.21. The Morgan fingerprint density at radius 1 is 1.21 bits per heavy atom. The fraction of sp³-hybridized carbons (Fsp3) is 0.286. The van der Waals surface area contributed by atoms with Gasteiger partial charge >= 0.3 is 5.97 Å². The van der Waals surface area contributed by atoms with Crippen molar-refractivity contribution in [1.29, 1.82) is 0 Å². The van der Waals surface area contributed by atoms with E-state index in [4.69, 9.17) is 9.63 Å². The van der Waals surface area contributed by atoms with Crippen LogP contribution in [0.3, 0.4) is 0 Å². The molecule has 19 heavy (non-hydrogen) atoms. The predicted molar refractivity (Wildman–Crippen MR) is 67.2 cm³/mol. The predicted octanol–water partition coefficient (Wildman–Crippen LogP) is 2.62. The number of aromatic carboxylic acids is 1. The normalized spacial score (nSPS) is 14.1. The van der Waals surface area contributed by atoms with E-state index in [0.29, 0.717) is 11.4 Å². The molecular weight excluding hydrogens is 246 g/mol. The maximum atomic E-state index is 10.8. The summed E-state index contributed by atoms with van der Waals surface area (Å²) in [6, 6.07) is 4.82. The van der Waals surface area contributed by atoms with Crippen LogP contribution < -0.4 is 0 Å². The van der Waals surface area contributed by atoms with E-state index < -0.39 is 5.97 Å². The highest BCUT2D eigenvalue weighted by molar-refractivity contribution is 5.86. The molecule has 0 bridgehead atoms. The smallest absolute Gasteiger partial charge is 0.374 e. The highest BCUT2D eigenvalue weighted by Crippen LogP contribution is 2.36. The summed E-state index contributed by atoms with van der Waals surface area (Å²) in [6.45, 7) is 0. The van der Waals surface area contributed by atoms with Gasteiger partial charge in [0.1, 0.15) is 11.4 Å². The summed E-state index contributed by atoms with van der Waals surface area (Å²) in [4.78, 5) is 10.8. The van der Waals surface area contributed by atoms with Gasteiger partial charge in [-0.1, -0.05) is 5.16 Å². The van der Waals surface area contributed by atoms with E-state index in [-0.39, 0.29) is 5.76 Å². The Morgan fingerprint density at radius 2 is 1.95 bits per heavy atom. The fourth-order valence-corrected chi connectivity index (χ4v) is 2.59. The van der Waals surface area contributed by atoms with Crippen molar-refractivity contribution in [1.82, 2.24) is 5.16 Å². The quantitative estimate of drug-likeness (QED) is 0.866. The van der Waals surface area contributed by atoms with E-state index >= 15 is 0 Å². The summed E-state index contributed by atoms with van der Waals surface area (Å²) in [6.07, 6.45) is 3.84. The minimum atomic E-state index is -1.13. The van der Waals surface area contributed by atoms with Crippen molar-refractivity contribution in [2.75, 3.05) is 0 Å². The summed E-state index contributed by atoms with van der Waals surface area (Å²) in [5, 5.41) is 22.5. The number of hydrogen-bond acceptors (Lipinski definition) is 4. The van der Waals surface area contributed by atoms with Crippen molar-refractivity contribution in [3.63, 3.8) is 0 Å². The van der Waals surface area contributed by atoms with Crippen LogP contribution in [0.4, 0.5) is 0 Å². The van der Waals surface area contributed by atoms with Gasteiger partial charge in [0.2, 0.25) is 5.76 Å². The van der Waals surface area contributed by atoms with E-state index in [2.05, 4.69) is 5.16 Å². The zero-order valence-corrected chi connectivity index (χ0v) is 10.2. The van der Waals surface area contributed by atoms with Gasteiger partial charge in [-0.3, -0.25) is 0 Å². The number of hydrogen-bond donors (Lipinski definition) is 2. The third-order valence-corrected chi connectivity index (χ3v) is 3.51. The van der Waals surface area contributed by atoms with Gasteiger partial charge in [-0.15, -0.1) is 0 Å². The Hall–Kier alpha value is -2.30. The lowest BCUT2D eigenvalue weighted by molar-refractivity contribution is 0.0652. The van der Waals surface area contributed by atoms with Crippen LogP contribution >= 0.6 is 0 Å². The standard InChI is InChI=1S/C14H13NO4/c16-12-6-5-9(8-3-1-2-4-10(8)12)11-7-13(14(17)18)19-15-11/h5-7,16H,1-4H2,(H,17,18). The first-order valence-electron chi connectivity index (χ1n) is 6.21. The first kappa shape index (κ1) is 11.8. The number of phenols is 1. The van der Waals surface area contributed by atoms with Gasteiger partial charge in [0.25, 0.3) is 0 Å². The molecule has 1 aliphatic rings. The number of aromatic nitrogens is 1. The Bertz CT molecular complexity index is 645. The second-order valence-corrected chi connectivity index (χ2v) is 4.68. The van der Waals surface area contributed by atoms with E-state index in [1.807, 2.05) is 0 Å². The molecule has 0 atom stereocenters. The molecule has 1 aromatic carbocycles. The average Bonchev–Trinajstić information content (AvgIpc) is 2.89. The van der Waals surface area contributed by atoms with Crippen molar-refractivity contribution in [3.05, 3.63) is 35.1 Å². The minimum Gasteiger partial charge on any atom is -0.508 e. The Labute approximate surface area is 109 Å². The van der Waals surface area contributed by atoms with Crippen molar-refractivity contribution >= 4 is 5.97 Å². The van der Waals surface area contributed by atoms with Crippen LogP contribution in [-0.2, 0) is 12.8 Å². The van der Waals surface area contributed by atoms with E-state index in [0.717, 1.165) is 42.4 Å². The second kappa shape index (κ2) is 4.42. The maximum absolute atomic E-state index is 10.8. The minimum absolute atomic E-state index is 0.173. The van der Waals surface area contributed by atoms with Crippen LogP contribution in [0.5, 0.6) is 5.75 Å². The molecule has 0 spiro atoms. The molecule has 0 aliphatic heterocycles. The Kier molecular flexibility index (Phi) is 2.74. The van der Waals surface area contributed by atoms with Crippen LogP contribution in [0.1, 0.15) is 34.5 Å². The third-order valence-electron chi connectivity index (χ3n) is 3.51. The number of aromatic hydroxyl groups is 1. The molecule has 1 heterocycles. The maximum Gasteiger partial charge on any atom is 0.374 e. The fourth-order valence-electron chi connectivity index (χ4n) is 2.59. The number of phenolic OH excluding ortho intramolecular Hbond substituents is 1. The molecule has 1 aromatic heterocycles. The van der Waals surface area contributed by atoms with Crippen molar-refractivity contribution in [2.24, 2.45) is 0 Å². The van der Waals surface area contributed by atoms with Crippen molar-refractivity contribution in [3.8, 4) is 17.0 Å². The van der Waals surface area contributed by atoms with Gasteiger partial charge in [-0.25, -0.2) is 4.79 Å². The molecule has 5 nitrogen and oxygen atoms in total. The largest absolute Gasteiger partial charge is 0.508 e. The lowest BCUT2D eigenvalue weighted by atomic mass is 9.86. The molecule has 0 radical (unpaired) electrons. The monoisotopic (exact) mass is 259 g/mol. The molecule has 1 aliphatic carbocycles. The topological polar surface area (TPSA) is 83.6 Å². The van der Waals surface area contributed by atoms with E-state index in [1.54, 1.807) is 12.1 Å². The SMILES string of the molecule is O=C(O)c1cc(-c2ccc(O)c3c2CCCC3)no1. The number of carbonyl (C=O) groups is 1. The van der Waals surface area contributed by atoms with E-state index in [9.17, 15) is 9.90 Å². The average molecular weight is 259 g/mol. The number of benzene rings is 1. The van der Waals surface area contributed by atoms with Crippen LogP contribution in [0.2, 0.25) is 0 Å². The molecule has 2 N–H and O–H groups in total. The van der Waals surface area contributed by atoms with Gasteiger partial charge in [-0.2, -0.15) is 0 Å². The molecule has 2 aromatic rings. The molecule has 98 valence electrons. The van der Waals surface area contributed by atoms with Gasteiger partial charge in [-0.05, 0) is 48.9 Å². The van der Waals surface area contributed by atoms with Crippen molar-refractivity contribution in [2.45, 2.75) is 25.7 Å². The lowest BCUT2D eigenvalue weighted by Gasteiger charge is -2.19. The molecular formula is C14H13NO4. The molecule has 0 fully saturated rings. The molecule has 3 rings (SSSR count). The van der Waals surface area contributed by atoms with E-state index in [1.165, 1.54) is 6.07 Å². The van der Waals surface area contributed by atoms with Crippen molar-refractivity contribution < 1.29 is 19.5 Å². The van der Waals surface area contributed by atoms with Crippen LogP contribution in [0.15, 0.2) is 22.7 Å².